The number of piperidine rings is 1. The molecular formula is C28H36N2O5. The minimum Gasteiger partial charge on any atom is -0.497 e. The number of methoxy groups -OCH3 is 3. The van der Waals surface area contributed by atoms with Gasteiger partial charge < -0.3 is 24.4 Å². The minimum absolute atomic E-state index is 0.00880. The smallest absolute Gasteiger partial charge is 0.227 e. The first-order valence-electron chi connectivity index (χ1n) is 12.4. The number of carbonyl (C=O) groups is 2. The molecule has 4 rings (SSSR count). The molecule has 0 aromatic heterocycles. The molecule has 1 aliphatic heterocycles. The molecule has 2 fully saturated rings. The normalized spacial score (nSPS) is 24.6. The fourth-order valence-electron chi connectivity index (χ4n) is 5.35. The molecule has 1 aliphatic carbocycles. The predicted octanol–water partition coefficient (Wildman–Crippen LogP) is 4.89. The van der Waals surface area contributed by atoms with Crippen molar-refractivity contribution in [3.8, 4) is 17.2 Å². The summed E-state index contributed by atoms with van der Waals surface area (Å²) in [6.07, 6.45) is 5.08. The number of anilines is 1. The Hall–Kier alpha value is -3.22. The van der Waals surface area contributed by atoms with Crippen molar-refractivity contribution in [2.24, 2.45) is 11.8 Å². The molecular weight excluding hydrogens is 444 g/mol. The third-order valence-corrected chi connectivity index (χ3v) is 7.40. The quantitative estimate of drug-likeness (QED) is 0.611. The molecule has 2 amide bonds. The van der Waals surface area contributed by atoms with Crippen LogP contribution in [0.1, 0.15) is 57.1 Å². The average molecular weight is 481 g/mol. The number of hydrogen-bond donors (Lipinski definition) is 1. The van der Waals surface area contributed by atoms with Crippen molar-refractivity contribution in [3.63, 3.8) is 0 Å². The van der Waals surface area contributed by atoms with Crippen molar-refractivity contribution in [2.45, 2.75) is 57.5 Å². The van der Waals surface area contributed by atoms with E-state index in [0.717, 1.165) is 36.9 Å². The van der Waals surface area contributed by atoms with Crippen LogP contribution in [0.15, 0.2) is 42.5 Å². The molecule has 188 valence electrons. The highest BCUT2D eigenvalue weighted by molar-refractivity contribution is 5.97. The molecule has 0 spiro atoms. The third-order valence-electron chi connectivity index (χ3n) is 7.40. The Morgan fingerprint density at radius 2 is 1.57 bits per heavy atom. The maximum absolute atomic E-state index is 13.7. The lowest BCUT2D eigenvalue weighted by Crippen LogP contribution is -2.50. The number of amides is 2. The maximum Gasteiger partial charge on any atom is 0.227 e. The lowest BCUT2D eigenvalue weighted by molar-refractivity contribution is -0.130. The van der Waals surface area contributed by atoms with Crippen molar-refractivity contribution >= 4 is 17.5 Å². The van der Waals surface area contributed by atoms with Crippen LogP contribution in [0, 0.1) is 11.8 Å². The monoisotopic (exact) mass is 480 g/mol. The highest BCUT2D eigenvalue weighted by atomic mass is 16.5. The fourth-order valence-corrected chi connectivity index (χ4v) is 5.35. The van der Waals surface area contributed by atoms with Crippen LogP contribution in [-0.2, 0) is 9.59 Å². The summed E-state index contributed by atoms with van der Waals surface area (Å²) in [4.78, 5) is 28.7. The molecule has 2 aromatic carbocycles. The van der Waals surface area contributed by atoms with Gasteiger partial charge in [0, 0.05) is 18.2 Å². The van der Waals surface area contributed by atoms with Gasteiger partial charge in [-0.05, 0) is 80.0 Å². The zero-order valence-corrected chi connectivity index (χ0v) is 21.1. The minimum atomic E-state index is -0.466. The van der Waals surface area contributed by atoms with E-state index < -0.39 is 6.04 Å². The zero-order chi connectivity index (χ0) is 24.9. The summed E-state index contributed by atoms with van der Waals surface area (Å²) in [5.41, 5.74) is 1.57. The zero-order valence-electron chi connectivity index (χ0n) is 21.1. The van der Waals surface area contributed by atoms with E-state index in [1.54, 1.807) is 26.2 Å². The van der Waals surface area contributed by atoms with E-state index >= 15 is 0 Å². The Kier molecular flexibility index (Phi) is 7.83. The summed E-state index contributed by atoms with van der Waals surface area (Å²) in [5, 5.41) is 3.31. The van der Waals surface area contributed by atoms with Gasteiger partial charge in [-0.1, -0.05) is 13.0 Å². The fraction of sp³-hybridized carbons (Fsp3) is 0.500. The first kappa shape index (κ1) is 24.9. The van der Waals surface area contributed by atoms with Crippen molar-refractivity contribution < 1.29 is 23.8 Å². The van der Waals surface area contributed by atoms with E-state index in [-0.39, 0.29) is 23.8 Å². The highest BCUT2D eigenvalue weighted by Crippen LogP contribution is 2.43. The summed E-state index contributed by atoms with van der Waals surface area (Å²) in [5.74, 6) is 2.21. The Bertz CT molecular complexity index is 1030. The summed E-state index contributed by atoms with van der Waals surface area (Å²) >= 11 is 0. The van der Waals surface area contributed by atoms with Crippen molar-refractivity contribution in [3.05, 3.63) is 48.0 Å². The van der Waals surface area contributed by atoms with Gasteiger partial charge >= 0.3 is 0 Å². The molecule has 2 atom stereocenters. The second kappa shape index (κ2) is 11.0. The molecule has 0 radical (unpaired) electrons. The van der Waals surface area contributed by atoms with Gasteiger partial charge in [-0.25, -0.2) is 0 Å². The molecule has 2 aromatic rings. The summed E-state index contributed by atoms with van der Waals surface area (Å²) in [6.45, 7) is 2.27. The Morgan fingerprint density at radius 3 is 2.20 bits per heavy atom. The Morgan fingerprint density at radius 1 is 0.886 bits per heavy atom. The van der Waals surface area contributed by atoms with Gasteiger partial charge in [-0.3, -0.25) is 9.59 Å². The number of hydrogen-bond acceptors (Lipinski definition) is 5. The van der Waals surface area contributed by atoms with Crippen LogP contribution in [0.5, 0.6) is 17.2 Å². The highest BCUT2D eigenvalue weighted by Gasteiger charge is 2.42. The van der Waals surface area contributed by atoms with Gasteiger partial charge in [0.1, 0.15) is 5.75 Å². The van der Waals surface area contributed by atoms with Gasteiger partial charge in [0.05, 0.1) is 33.3 Å². The molecule has 1 saturated carbocycles. The molecule has 1 N–H and O–H groups in total. The lowest BCUT2D eigenvalue weighted by Gasteiger charge is -2.41. The summed E-state index contributed by atoms with van der Waals surface area (Å²) in [6, 6.07) is 12.8. The predicted molar refractivity (Wildman–Crippen MR) is 135 cm³/mol. The molecule has 7 nitrogen and oxygen atoms in total. The number of rotatable bonds is 7. The Balaban J connectivity index is 1.71. The maximum atomic E-state index is 13.7. The van der Waals surface area contributed by atoms with Gasteiger partial charge in [0.25, 0.3) is 0 Å². The number of nitrogens with zero attached hydrogens (tertiary/aromatic N) is 1. The van der Waals surface area contributed by atoms with Crippen LogP contribution in [0.3, 0.4) is 0 Å². The molecule has 2 aliphatic rings. The second-order valence-corrected chi connectivity index (χ2v) is 9.63. The molecule has 0 bridgehead atoms. The van der Waals surface area contributed by atoms with E-state index in [0.29, 0.717) is 36.0 Å². The SMILES string of the molecule is COc1ccc(N2C(=O)CCC(C(=O)NC3CCC(C)CC3)C2c2ccc(OC)c(OC)c2)cc1. The van der Waals surface area contributed by atoms with Crippen LogP contribution in [0.4, 0.5) is 5.69 Å². The molecule has 1 saturated heterocycles. The molecule has 7 heteroatoms. The standard InChI is InChI=1S/C28H36N2O5/c1-18-5-8-20(9-6-18)29-28(32)23-14-16-26(31)30(21-10-12-22(33-2)13-11-21)27(23)19-7-15-24(34-3)25(17-19)35-4/h7,10-13,15,17-18,20,23,27H,5-6,8-9,14,16H2,1-4H3,(H,29,32). The molecule has 35 heavy (non-hydrogen) atoms. The van der Waals surface area contributed by atoms with Gasteiger partial charge in [0.15, 0.2) is 11.5 Å². The summed E-state index contributed by atoms with van der Waals surface area (Å²) in [7, 11) is 4.79. The first-order chi connectivity index (χ1) is 16.9. The summed E-state index contributed by atoms with van der Waals surface area (Å²) < 4.78 is 16.3. The van der Waals surface area contributed by atoms with Crippen molar-refractivity contribution in [2.75, 3.05) is 26.2 Å². The van der Waals surface area contributed by atoms with E-state index in [1.807, 2.05) is 42.5 Å². The van der Waals surface area contributed by atoms with Crippen LogP contribution in [-0.4, -0.2) is 39.2 Å². The first-order valence-corrected chi connectivity index (χ1v) is 12.4. The topological polar surface area (TPSA) is 77.1 Å². The van der Waals surface area contributed by atoms with Crippen LogP contribution >= 0.6 is 0 Å². The number of benzene rings is 2. The van der Waals surface area contributed by atoms with Crippen molar-refractivity contribution in [1.29, 1.82) is 0 Å². The van der Waals surface area contributed by atoms with Crippen LogP contribution in [0.25, 0.3) is 0 Å². The third kappa shape index (κ3) is 5.39. The average Bonchev–Trinajstić information content (AvgIpc) is 2.89. The van der Waals surface area contributed by atoms with E-state index in [9.17, 15) is 9.59 Å². The van der Waals surface area contributed by atoms with E-state index in [4.69, 9.17) is 14.2 Å². The van der Waals surface area contributed by atoms with Crippen LogP contribution in [0.2, 0.25) is 0 Å². The van der Waals surface area contributed by atoms with Gasteiger partial charge in [0.2, 0.25) is 11.8 Å². The van der Waals surface area contributed by atoms with E-state index in [1.165, 1.54) is 0 Å². The number of ether oxygens (including phenoxy) is 3. The van der Waals surface area contributed by atoms with E-state index in [2.05, 4.69) is 12.2 Å². The van der Waals surface area contributed by atoms with Crippen molar-refractivity contribution in [1.82, 2.24) is 5.32 Å². The number of carbonyl (C=O) groups excluding carboxylic acids is 2. The largest absolute Gasteiger partial charge is 0.497 e. The van der Waals surface area contributed by atoms with Crippen LogP contribution < -0.4 is 24.4 Å². The lowest BCUT2D eigenvalue weighted by atomic mass is 9.82. The van der Waals surface area contributed by atoms with Gasteiger partial charge in [-0.15, -0.1) is 0 Å². The van der Waals surface area contributed by atoms with Gasteiger partial charge in [-0.2, -0.15) is 0 Å². The molecule has 1 heterocycles. The second-order valence-electron chi connectivity index (χ2n) is 9.63. The number of nitrogens with one attached hydrogen (secondary N) is 1. The molecule has 2 unspecified atom stereocenters. The Labute approximate surface area is 207 Å².